The highest BCUT2D eigenvalue weighted by Crippen LogP contribution is 2.30. The van der Waals surface area contributed by atoms with Crippen molar-refractivity contribution in [2.75, 3.05) is 0 Å². The number of nitrogens with zero attached hydrogens (tertiary/aromatic N) is 2. The highest BCUT2D eigenvalue weighted by molar-refractivity contribution is 9.08. The third kappa shape index (κ3) is 2.92. The van der Waals surface area contributed by atoms with Crippen molar-refractivity contribution in [3.8, 4) is 17.2 Å². The molecule has 0 bridgehead atoms. The van der Waals surface area contributed by atoms with Crippen molar-refractivity contribution in [2.45, 2.75) is 10.7 Å². The van der Waals surface area contributed by atoms with Gasteiger partial charge in [-0.1, -0.05) is 50.1 Å². The van der Waals surface area contributed by atoms with Crippen LogP contribution in [0.1, 0.15) is 16.8 Å². The molecule has 0 aliphatic carbocycles. The van der Waals surface area contributed by atoms with E-state index in [4.69, 9.17) is 5.26 Å². The molecule has 1 heterocycles. The van der Waals surface area contributed by atoms with Gasteiger partial charge in [0.1, 0.15) is 0 Å². The molecule has 0 atom stereocenters. The molecule has 0 spiro atoms. The van der Waals surface area contributed by atoms with E-state index in [1.165, 1.54) is 5.56 Å². The molecule has 0 amide bonds. The van der Waals surface area contributed by atoms with Crippen molar-refractivity contribution in [1.29, 1.82) is 5.26 Å². The standard InChI is InChI=1S/C18H12Br2N2/c19-9-13-3-6-18-17(7-13)16(8-15(10-20)22-18)14-4-1-12(11-21)2-5-14/h1-8H,9-10H2. The molecule has 2 nitrogen and oxygen atoms in total. The molecule has 3 aromatic rings. The molecule has 1 aromatic heterocycles. The number of fused-ring (bicyclic) bond motifs is 1. The Kier molecular flexibility index (Phi) is 4.56. The lowest BCUT2D eigenvalue weighted by Gasteiger charge is -2.10. The van der Waals surface area contributed by atoms with Crippen LogP contribution in [-0.4, -0.2) is 4.98 Å². The number of halogens is 2. The summed E-state index contributed by atoms with van der Waals surface area (Å²) in [5.74, 6) is 0. The third-order valence-corrected chi connectivity index (χ3v) is 4.76. The summed E-state index contributed by atoms with van der Waals surface area (Å²) in [5.41, 5.74) is 6.12. The molecule has 22 heavy (non-hydrogen) atoms. The number of hydrogen-bond acceptors (Lipinski definition) is 2. The van der Waals surface area contributed by atoms with E-state index in [1.807, 2.05) is 24.3 Å². The first-order valence-corrected chi connectivity index (χ1v) is 9.04. The zero-order chi connectivity index (χ0) is 15.5. The Labute approximate surface area is 146 Å². The first kappa shape index (κ1) is 15.2. The van der Waals surface area contributed by atoms with E-state index in [1.54, 1.807) is 0 Å². The Morgan fingerprint density at radius 3 is 2.36 bits per heavy atom. The molecule has 0 saturated carbocycles. The van der Waals surface area contributed by atoms with Gasteiger partial charge in [0.25, 0.3) is 0 Å². The number of aromatic nitrogens is 1. The summed E-state index contributed by atoms with van der Waals surface area (Å²) in [7, 11) is 0. The molecule has 0 radical (unpaired) electrons. The Bertz CT molecular complexity index is 865. The summed E-state index contributed by atoms with van der Waals surface area (Å²) in [4.78, 5) is 4.67. The minimum absolute atomic E-state index is 0.670. The van der Waals surface area contributed by atoms with Gasteiger partial charge >= 0.3 is 0 Å². The van der Waals surface area contributed by atoms with Crippen LogP contribution in [0.25, 0.3) is 22.0 Å². The summed E-state index contributed by atoms with van der Waals surface area (Å²) in [6, 6.07) is 18.3. The Morgan fingerprint density at radius 2 is 1.73 bits per heavy atom. The van der Waals surface area contributed by atoms with Gasteiger partial charge in [0.15, 0.2) is 0 Å². The lowest BCUT2D eigenvalue weighted by molar-refractivity contribution is 1.23. The van der Waals surface area contributed by atoms with Crippen LogP contribution in [0.4, 0.5) is 0 Å². The predicted molar refractivity (Wildman–Crippen MR) is 97.2 cm³/mol. The molecule has 0 unspecified atom stereocenters. The fourth-order valence-electron chi connectivity index (χ4n) is 2.44. The smallest absolute Gasteiger partial charge is 0.0991 e. The van der Waals surface area contributed by atoms with Crippen molar-refractivity contribution in [1.82, 2.24) is 4.98 Å². The molecule has 0 N–H and O–H groups in total. The van der Waals surface area contributed by atoms with Gasteiger partial charge in [-0.3, -0.25) is 4.98 Å². The highest BCUT2D eigenvalue weighted by atomic mass is 79.9. The highest BCUT2D eigenvalue weighted by Gasteiger charge is 2.09. The lowest BCUT2D eigenvalue weighted by atomic mass is 9.98. The second kappa shape index (κ2) is 6.60. The summed E-state index contributed by atoms with van der Waals surface area (Å²) >= 11 is 6.99. The second-order valence-electron chi connectivity index (χ2n) is 4.97. The van der Waals surface area contributed by atoms with E-state index in [-0.39, 0.29) is 0 Å². The molecule has 2 aromatic carbocycles. The molecular weight excluding hydrogens is 404 g/mol. The van der Waals surface area contributed by atoms with Crippen LogP contribution in [0.3, 0.4) is 0 Å². The summed E-state index contributed by atoms with van der Waals surface area (Å²) < 4.78 is 0. The van der Waals surface area contributed by atoms with E-state index >= 15 is 0 Å². The van der Waals surface area contributed by atoms with E-state index in [2.05, 4.69) is 67.2 Å². The molecule has 108 valence electrons. The topological polar surface area (TPSA) is 36.7 Å². The maximum absolute atomic E-state index is 8.95. The van der Waals surface area contributed by atoms with Gasteiger partial charge < -0.3 is 0 Å². The summed E-state index contributed by atoms with van der Waals surface area (Å²) in [6.07, 6.45) is 0. The zero-order valence-electron chi connectivity index (χ0n) is 11.7. The fourth-order valence-corrected chi connectivity index (χ4v) is 3.08. The fraction of sp³-hybridized carbons (Fsp3) is 0.111. The second-order valence-corrected chi connectivity index (χ2v) is 6.09. The lowest BCUT2D eigenvalue weighted by Crippen LogP contribution is -1.92. The van der Waals surface area contributed by atoms with Crippen LogP contribution in [0.15, 0.2) is 48.5 Å². The molecule has 0 saturated heterocycles. The number of hydrogen-bond donors (Lipinski definition) is 0. The van der Waals surface area contributed by atoms with Gasteiger partial charge in [-0.15, -0.1) is 0 Å². The molecule has 0 fully saturated rings. The predicted octanol–water partition coefficient (Wildman–Crippen LogP) is 5.56. The van der Waals surface area contributed by atoms with Gasteiger partial charge in [-0.2, -0.15) is 5.26 Å². The monoisotopic (exact) mass is 414 g/mol. The van der Waals surface area contributed by atoms with Crippen LogP contribution in [-0.2, 0) is 10.7 Å². The van der Waals surface area contributed by atoms with Crippen LogP contribution in [0.2, 0.25) is 0 Å². The van der Waals surface area contributed by atoms with Gasteiger partial charge in [0.2, 0.25) is 0 Å². The van der Waals surface area contributed by atoms with Gasteiger partial charge in [-0.25, -0.2) is 0 Å². The number of pyridine rings is 1. The van der Waals surface area contributed by atoms with Crippen molar-refractivity contribution in [3.63, 3.8) is 0 Å². The van der Waals surface area contributed by atoms with E-state index in [0.717, 1.165) is 33.1 Å². The number of rotatable bonds is 3. The number of nitriles is 1. The van der Waals surface area contributed by atoms with Crippen molar-refractivity contribution >= 4 is 42.8 Å². The van der Waals surface area contributed by atoms with E-state index in [9.17, 15) is 0 Å². The van der Waals surface area contributed by atoms with Gasteiger partial charge in [0, 0.05) is 16.0 Å². The van der Waals surface area contributed by atoms with Crippen LogP contribution < -0.4 is 0 Å². The van der Waals surface area contributed by atoms with Crippen molar-refractivity contribution < 1.29 is 0 Å². The van der Waals surface area contributed by atoms with Gasteiger partial charge in [0.05, 0.1) is 22.8 Å². The molecule has 0 aliphatic heterocycles. The average Bonchev–Trinajstić information content (AvgIpc) is 2.60. The molecule has 4 heteroatoms. The Balaban J connectivity index is 2.26. The number of benzene rings is 2. The van der Waals surface area contributed by atoms with Crippen LogP contribution >= 0.6 is 31.9 Å². The zero-order valence-corrected chi connectivity index (χ0v) is 14.9. The largest absolute Gasteiger partial charge is 0.252 e. The maximum atomic E-state index is 8.95. The first-order valence-electron chi connectivity index (χ1n) is 6.80. The number of alkyl halides is 2. The van der Waals surface area contributed by atoms with Crippen LogP contribution in [0, 0.1) is 11.3 Å². The minimum atomic E-state index is 0.670. The third-order valence-electron chi connectivity index (χ3n) is 3.54. The maximum Gasteiger partial charge on any atom is 0.0991 e. The van der Waals surface area contributed by atoms with Crippen LogP contribution in [0.5, 0.6) is 0 Å². The summed E-state index contributed by atoms with van der Waals surface area (Å²) in [6.45, 7) is 0. The first-order chi connectivity index (χ1) is 10.7. The van der Waals surface area contributed by atoms with Gasteiger partial charge in [-0.05, 0) is 47.0 Å². The van der Waals surface area contributed by atoms with E-state index in [0.29, 0.717) is 10.9 Å². The molecule has 0 aliphatic rings. The van der Waals surface area contributed by atoms with Crippen molar-refractivity contribution in [2.24, 2.45) is 0 Å². The summed E-state index contributed by atoms with van der Waals surface area (Å²) in [5, 5.41) is 11.6. The van der Waals surface area contributed by atoms with Crippen molar-refractivity contribution in [3.05, 3.63) is 65.4 Å². The Hall–Kier alpha value is -1.70. The normalized spacial score (nSPS) is 10.6. The average molecular weight is 416 g/mol. The quantitative estimate of drug-likeness (QED) is 0.524. The SMILES string of the molecule is N#Cc1ccc(-c2cc(CBr)nc3ccc(CBr)cc23)cc1. The molecular formula is C18H12Br2N2. The van der Waals surface area contributed by atoms with E-state index < -0.39 is 0 Å². The minimum Gasteiger partial charge on any atom is -0.252 e. The molecule has 3 rings (SSSR count). The Morgan fingerprint density at radius 1 is 0.955 bits per heavy atom.